The summed E-state index contributed by atoms with van der Waals surface area (Å²) < 4.78 is 0. The Hall–Kier alpha value is -2.35. The molecule has 2 bridgehead atoms. The van der Waals surface area contributed by atoms with Crippen LogP contribution in [0.3, 0.4) is 0 Å². The minimum Gasteiger partial charge on any atom is -0.281 e. The number of H-pyrrole nitrogens is 1. The second-order valence-corrected chi connectivity index (χ2v) is 7.92. The number of aromatic amines is 1. The molecular weight excluding hydrogens is 292 g/mol. The van der Waals surface area contributed by atoms with Crippen LogP contribution in [0.15, 0.2) is 54.6 Å². The molecule has 3 aromatic rings. The van der Waals surface area contributed by atoms with Crippen LogP contribution in [0.4, 0.5) is 0 Å². The Kier molecular flexibility index (Phi) is 2.82. The molecule has 1 aromatic heterocycles. The molecule has 0 amide bonds. The predicted molar refractivity (Wildman–Crippen MR) is 97.8 cm³/mol. The summed E-state index contributed by atoms with van der Waals surface area (Å²) in [4.78, 5) is 0. The first-order valence-electron chi connectivity index (χ1n) is 8.87. The Bertz CT molecular complexity index is 887. The molecule has 0 saturated heterocycles. The Balaban J connectivity index is 1.51. The minimum absolute atomic E-state index is 0.438. The fraction of sp³-hybridized carbons (Fsp3) is 0.318. The number of nitrogens with zero attached hydrogens (tertiary/aromatic N) is 1. The van der Waals surface area contributed by atoms with E-state index in [1.54, 1.807) is 0 Å². The molecule has 120 valence electrons. The van der Waals surface area contributed by atoms with Crippen molar-refractivity contribution in [2.24, 2.45) is 11.3 Å². The van der Waals surface area contributed by atoms with Gasteiger partial charge in [0.2, 0.25) is 0 Å². The molecule has 6 rings (SSSR count). The number of rotatable bonds is 2. The van der Waals surface area contributed by atoms with Gasteiger partial charge < -0.3 is 0 Å². The highest BCUT2D eigenvalue weighted by Gasteiger charge is 2.54. The van der Waals surface area contributed by atoms with Crippen molar-refractivity contribution in [3.05, 3.63) is 65.9 Å². The van der Waals surface area contributed by atoms with Gasteiger partial charge in [0.15, 0.2) is 0 Å². The average Bonchev–Trinajstić information content (AvgIpc) is 3.06. The molecule has 2 heteroatoms. The Morgan fingerprint density at radius 3 is 2.29 bits per heavy atom. The van der Waals surface area contributed by atoms with E-state index >= 15 is 0 Å². The fourth-order valence-electron chi connectivity index (χ4n) is 4.66. The van der Waals surface area contributed by atoms with Crippen LogP contribution >= 0.6 is 0 Å². The highest BCUT2D eigenvalue weighted by molar-refractivity contribution is 5.71. The Labute approximate surface area is 142 Å². The number of hydrogen-bond acceptors (Lipinski definition) is 1. The van der Waals surface area contributed by atoms with E-state index in [2.05, 4.69) is 78.6 Å². The van der Waals surface area contributed by atoms with E-state index in [4.69, 9.17) is 0 Å². The van der Waals surface area contributed by atoms with Gasteiger partial charge in [-0.1, -0.05) is 68.4 Å². The van der Waals surface area contributed by atoms with Crippen molar-refractivity contribution in [3.63, 3.8) is 0 Å². The molecule has 3 aliphatic carbocycles. The molecule has 2 nitrogen and oxygen atoms in total. The average molecular weight is 314 g/mol. The van der Waals surface area contributed by atoms with Gasteiger partial charge >= 0.3 is 0 Å². The molecule has 24 heavy (non-hydrogen) atoms. The van der Waals surface area contributed by atoms with Crippen molar-refractivity contribution in [3.8, 4) is 22.4 Å². The molecule has 0 radical (unpaired) electrons. The summed E-state index contributed by atoms with van der Waals surface area (Å²) in [7, 11) is 0. The summed E-state index contributed by atoms with van der Waals surface area (Å²) in [6.45, 7) is 4.81. The van der Waals surface area contributed by atoms with E-state index < -0.39 is 0 Å². The molecule has 0 aliphatic heterocycles. The third-order valence-corrected chi connectivity index (χ3v) is 6.43. The van der Waals surface area contributed by atoms with Crippen molar-refractivity contribution >= 4 is 0 Å². The summed E-state index contributed by atoms with van der Waals surface area (Å²) in [6, 6.07) is 19.4. The lowest BCUT2D eigenvalue weighted by Crippen LogP contribution is -2.48. The summed E-state index contributed by atoms with van der Waals surface area (Å²) in [5, 5.41) is 8.05. The van der Waals surface area contributed by atoms with Crippen molar-refractivity contribution in [2.45, 2.75) is 32.6 Å². The third kappa shape index (κ3) is 1.86. The normalized spacial score (nSPS) is 23.4. The summed E-state index contributed by atoms with van der Waals surface area (Å²) in [5.41, 5.74) is 8.20. The van der Waals surface area contributed by atoms with E-state index in [9.17, 15) is 0 Å². The monoisotopic (exact) mass is 314 g/mol. The van der Waals surface area contributed by atoms with Crippen molar-refractivity contribution < 1.29 is 0 Å². The van der Waals surface area contributed by atoms with E-state index in [0.29, 0.717) is 11.3 Å². The highest BCUT2D eigenvalue weighted by atomic mass is 15.1. The van der Waals surface area contributed by atoms with Gasteiger partial charge in [0, 0.05) is 22.7 Å². The molecule has 3 aliphatic rings. The second-order valence-electron chi connectivity index (χ2n) is 7.92. The maximum Gasteiger partial charge on any atom is 0.0955 e. The van der Waals surface area contributed by atoms with Crippen molar-refractivity contribution in [1.82, 2.24) is 10.2 Å². The summed E-state index contributed by atoms with van der Waals surface area (Å²) in [5.74, 6) is 1.48. The van der Waals surface area contributed by atoms with Gasteiger partial charge in [-0.15, -0.1) is 0 Å². The lowest BCUT2D eigenvalue weighted by atomic mass is 9.48. The van der Waals surface area contributed by atoms with Gasteiger partial charge in [-0.3, -0.25) is 5.10 Å². The van der Waals surface area contributed by atoms with E-state index in [1.165, 1.54) is 40.8 Å². The number of nitrogens with one attached hydrogen (secondary N) is 1. The van der Waals surface area contributed by atoms with Crippen LogP contribution in [0, 0.1) is 11.3 Å². The first-order chi connectivity index (χ1) is 11.6. The first-order valence-corrected chi connectivity index (χ1v) is 8.87. The molecule has 1 fully saturated rings. The van der Waals surface area contributed by atoms with Gasteiger partial charge in [0.1, 0.15) is 0 Å². The lowest BCUT2D eigenvalue weighted by molar-refractivity contribution is 0.0164. The fourth-order valence-corrected chi connectivity index (χ4v) is 4.66. The Morgan fingerprint density at radius 1 is 0.917 bits per heavy atom. The lowest BCUT2D eigenvalue weighted by Gasteiger charge is -2.55. The molecule has 1 heterocycles. The largest absolute Gasteiger partial charge is 0.281 e. The number of aromatic nitrogens is 2. The van der Waals surface area contributed by atoms with Gasteiger partial charge in [-0.25, -0.2) is 0 Å². The molecule has 0 spiro atoms. The SMILES string of the molecule is CC1(C)C2Cc3c(-c4ccc(-c5ccccc5)cc4)n[nH]c3C1C2. The maximum absolute atomic E-state index is 4.69. The Morgan fingerprint density at radius 2 is 1.58 bits per heavy atom. The topological polar surface area (TPSA) is 28.7 Å². The van der Waals surface area contributed by atoms with Crippen LogP contribution in [0.5, 0.6) is 0 Å². The van der Waals surface area contributed by atoms with Crippen molar-refractivity contribution in [1.29, 1.82) is 0 Å². The zero-order chi connectivity index (χ0) is 16.3. The van der Waals surface area contributed by atoms with E-state index in [0.717, 1.165) is 11.6 Å². The summed E-state index contributed by atoms with van der Waals surface area (Å²) in [6.07, 6.45) is 2.50. The second kappa shape index (κ2) is 4.83. The predicted octanol–water partition coefficient (Wildman–Crippen LogP) is 5.43. The molecule has 2 atom stereocenters. The molecular formula is C22H22N2. The quantitative estimate of drug-likeness (QED) is 0.671. The smallest absolute Gasteiger partial charge is 0.0955 e. The van der Waals surface area contributed by atoms with Gasteiger partial charge in [-0.2, -0.15) is 5.10 Å². The van der Waals surface area contributed by atoms with Gasteiger partial charge in [0.25, 0.3) is 0 Å². The van der Waals surface area contributed by atoms with Gasteiger partial charge in [-0.05, 0) is 35.3 Å². The number of benzene rings is 2. The van der Waals surface area contributed by atoms with Crippen molar-refractivity contribution in [2.75, 3.05) is 0 Å². The first kappa shape index (κ1) is 14.0. The van der Waals surface area contributed by atoms with Crippen LogP contribution in [0.1, 0.15) is 37.4 Å². The summed E-state index contributed by atoms with van der Waals surface area (Å²) >= 11 is 0. The molecule has 2 aromatic carbocycles. The standard InChI is InChI=1S/C22H22N2/c1-22(2)17-12-18-20(23-24-21(18)19(22)13-17)16-10-8-15(9-11-16)14-6-4-3-5-7-14/h3-11,17,19H,12-13H2,1-2H3,(H,23,24). The van der Waals surface area contributed by atoms with Crippen LogP contribution < -0.4 is 0 Å². The van der Waals surface area contributed by atoms with E-state index in [1.807, 2.05) is 0 Å². The van der Waals surface area contributed by atoms with E-state index in [-0.39, 0.29) is 0 Å². The van der Waals surface area contributed by atoms with Crippen LogP contribution in [0.25, 0.3) is 22.4 Å². The maximum atomic E-state index is 4.69. The highest BCUT2D eigenvalue weighted by Crippen LogP contribution is 2.62. The van der Waals surface area contributed by atoms with Crippen LogP contribution in [-0.2, 0) is 6.42 Å². The molecule has 1 saturated carbocycles. The third-order valence-electron chi connectivity index (χ3n) is 6.43. The zero-order valence-electron chi connectivity index (χ0n) is 14.2. The number of hydrogen-bond donors (Lipinski definition) is 1. The zero-order valence-corrected chi connectivity index (χ0v) is 14.2. The molecule has 1 N–H and O–H groups in total. The van der Waals surface area contributed by atoms with Crippen LogP contribution in [0.2, 0.25) is 0 Å². The van der Waals surface area contributed by atoms with Gasteiger partial charge in [0.05, 0.1) is 5.69 Å². The minimum atomic E-state index is 0.438. The molecule has 2 unspecified atom stereocenters. The van der Waals surface area contributed by atoms with Crippen LogP contribution in [-0.4, -0.2) is 10.2 Å².